The van der Waals surface area contributed by atoms with Gasteiger partial charge in [-0.15, -0.1) is 0 Å². The van der Waals surface area contributed by atoms with Gasteiger partial charge in [-0.2, -0.15) is 0 Å². The second-order valence-electron chi connectivity index (χ2n) is 6.50. The highest BCUT2D eigenvalue weighted by atomic mass is 16.1. The Morgan fingerprint density at radius 3 is 2.64 bits per heavy atom. The van der Waals surface area contributed by atoms with Crippen LogP contribution in [0.15, 0.2) is 18.2 Å². The molecule has 3 N–H and O–H groups in total. The van der Waals surface area contributed by atoms with Gasteiger partial charge >= 0.3 is 0 Å². The number of nitrogens with one attached hydrogen (secondary N) is 1. The van der Waals surface area contributed by atoms with Crippen molar-refractivity contribution in [1.82, 2.24) is 5.32 Å². The molecule has 1 aliphatic rings. The lowest BCUT2D eigenvalue weighted by molar-refractivity contribution is 0.1000. The molecule has 1 aliphatic carbocycles. The molecule has 2 rings (SSSR count). The van der Waals surface area contributed by atoms with Crippen LogP contribution >= 0.6 is 0 Å². The molecule has 0 saturated carbocycles. The highest BCUT2D eigenvalue weighted by Gasteiger charge is 2.41. The second kappa shape index (κ2) is 7.28. The SMILES string of the molecule is CCCCNC1CCc2ccc(C(N)=O)cc2C1(CC)CC. The van der Waals surface area contributed by atoms with Crippen molar-refractivity contribution >= 4 is 5.91 Å². The lowest BCUT2D eigenvalue weighted by Gasteiger charge is -2.45. The maximum absolute atomic E-state index is 11.6. The highest BCUT2D eigenvalue weighted by molar-refractivity contribution is 5.93. The number of hydrogen-bond acceptors (Lipinski definition) is 2. The fraction of sp³-hybridized carbons (Fsp3) is 0.632. The van der Waals surface area contributed by atoms with E-state index in [1.165, 1.54) is 30.4 Å². The first-order valence-corrected chi connectivity index (χ1v) is 8.75. The maximum Gasteiger partial charge on any atom is 0.248 e. The van der Waals surface area contributed by atoms with Gasteiger partial charge in [0.1, 0.15) is 0 Å². The number of benzene rings is 1. The van der Waals surface area contributed by atoms with Crippen molar-refractivity contribution in [3.05, 3.63) is 34.9 Å². The summed E-state index contributed by atoms with van der Waals surface area (Å²) in [5, 5.41) is 3.79. The highest BCUT2D eigenvalue weighted by Crippen LogP contribution is 2.43. The zero-order valence-electron chi connectivity index (χ0n) is 14.2. The van der Waals surface area contributed by atoms with E-state index in [4.69, 9.17) is 5.73 Å². The molecule has 122 valence electrons. The number of amides is 1. The molecule has 0 spiro atoms. The van der Waals surface area contributed by atoms with E-state index in [2.05, 4.69) is 38.2 Å². The van der Waals surface area contributed by atoms with E-state index in [1.54, 1.807) is 0 Å². The molecule has 0 fully saturated rings. The molecule has 3 heteroatoms. The number of carbonyl (C=O) groups is 1. The third kappa shape index (κ3) is 3.05. The van der Waals surface area contributed by atoms with Crippen molar-refractivity contribution in [2.75, 3.05) is 6.54 Å². The number of rotatable bonds is 7. The lowest BCUT2D eigenvalue weighted by atomic mass is 9.63. The molecule has 3 nitrogen and oxygen atoms in total. The number of primary amides is 1. The van der Waals surface area contributed by atoms with Gasteiger partial charge < -0.3 is 11.1 Å². The number of nitrogens with two attached hydrogens (primary N) is 1. The average Bonchev–Trinajstić information content (AvgIpc) is 2.54. The van der Waals surface area contributed by atoms with Gasteiger partial charge in [-0.1, -0.05) is 33.3 Å². The Morgan fingerprint density at radius 1 is 1.32 bits per heavy atom. The minimum absolute atomic E-state index is 0.118. The first-order valence-electron chi connectivity index (χ1n) is 8.75. The lowest BCUT2D eigenvalue weighted by Crippen LogP contribution is -2.51. The third-order valence-corrected chi connectivity index (χ3v) is 5.48. The molecule has 0 bridgehead atoms. The largest absolute Gasteiger partial charge is 0.366 e. The maximum atomic E-state index is 11.6. The molecule has 22 heavy (non-hydrogen) atoms. The summed E-state index contributed by atoms with van der Waals surface area (Å²) in [5.41, 5.74) is 8.99. The second-order valence-corrected chi connectivity index (χ2v) is 6.50. The molecule has 1 aromatic rings. The molecule has 0 radical (unpaired) electrons. The summed E-state index contributed by atoms with van der Waals surface area (Å²) in [7, 11) is 0. The fourth-order valence-electron chi connectivity index (χ4n) is 4.05. The number of aryl methyl sites for hydroxylation is 1. The molecule has 0 saturated heterocycles. The van der Waals surface area contributed by atoms with Crippen molar-refractivity contribution < 1.29 is 4.79 Å². The molecule has 0 aromatic heterocycles. The Bertz CT molecular complexity index is 520. The number of carbonyl (C=O) groups excluding carboxylic acids is 1. The minimum atomic E-state index is -0.329. The van der Waals surface area contributed by atoms with Gasteiger partial charge in [0.15, 0.2) is 0 Å². The third-order valence-electron chi connectivity index (χ3n) is 5.48. The van der Waals surface area contributed by atoms with Crippen molar-refractivity contribution in [2.24, 2.45) is 5.73 Å². The number of unbranched alkanes of at least 4 members (excludes halogenated alkanes) is 1. The summed E-state index contributed by atoms with van der Waals surface area (Å²) in [6.45, 7) is 7.84. The molecule has 1 unspecified atom stereocenters. The monoisotopic (exact) mass is 302 g/mol. The smallest absolute Gasteiger partial charge is 0.248 e. The van der Waals surface area contributed by atoms with E-state index >= 15 is 0 Å². The van der Waals surface area contributed by atoms with Gasteiger partial charge in [-0.05, 0) is 61.9 Å². The predicted molar refractivity (Wildman–Crippen MR) is 92.2 cm³/mol. The Hall–Kier alpha value is -1.35. The van der Waals surface area contributed by atoms with Crippen LogP contribution < -0.4 is 11.1 Å². The standard InChI is InChI=1S/C19H30N2O/c1-4-7-12-21-17-11-10-14-8-9-15(18(20)22)13-16(14)19(17,5-2)6-3/h8-9,13,17,21H,4-7,10-12H2,1-3H3,(H2,20,22). The van der Waals surface area contributed by atoms with Gasteiger partial charge in [0.25, 0.3) is 0 Å². The Kier molecular flexibility index (Phi) is 5.63. The number of fused-ring (bicyclic) bond motifs is 1. The normalized spacial score (nSPS) is 19.7. The first kappa shape index (κ1) is 17.0. The van der Waals surface area contributed by atoms with E-state index in [0.717, 1.165) is 25.8 Å². The van der Waals surface area contributed by atoms with E-state index < -0.39 is 0 Å². The van der Waals surface area contributed by atoms with Gasteiger partial charge in [-0.25, -0.2) is 0 Å². The van der Waals surface area contributed by atoms with Gasteiger partial charge in [0.05, 0.1) is 0 Å². The summed E-state index contributed by atoms with van der Waals surface area (Å²) in [4.78, 5) is 11.6. The average molecular weight is 302 g/mol. The summed E-state index contributed by atoms with van der Waals surface area (Å²) in [6, 6.07) is 6.53. The van der Waals surface area contributed by atoms with Crippen molar-refractivity contribution in [3.8, 4) is 0 Å². The Labute approximate surface area is 134 Å². The van der Waals surface area contributed by atoms with Crippen LogP contribution in [0.2, 0.25) is 0 Å². The Balaban J connectivity index is 2.39. The first-order chi connectivity index (χ1) is 10.6. The Morgan fingerprint density at radius 2 is 2.05 bits per heavy atom. The quantitative estimate of drug-likeness (QED) is 0.757. The molecule has 1 aromatic carbocycles. The van der Waals surface area contributed by atoms with Gasteiger partial charge in [0.2, 0.25) is 5.91 Å². The molecular formula is C19H30N2O. The summed E-state index contributed by atoms with van der Waals surface area (Å²) < 4.78 is 0. The molecule has 1 atom stereocenters. The van der Waals surface area contributed by atoms with Crippen LogP contribution in [0.25, 0.3) is 0 Å². The predicted octanol–water partition coefficient (Wildman–Crippen LogP) is 3.55. The zero-order valence-corrected chi connectivity index (χ0v) is 14.2. The van der Waals surface area contributed by atoms with Crippen molar-refractivity contribution in [3.63, 3.8) is 0 Å². The van der Waals surface area contributed by atoms with Crippen molar-refractivity contribution in [1.29, 1.82) is 0 Å². The van der Waals surface area contributed by atoms with E-state index in [1.807, 2.05) is 6.07 Å². The topological polar surface area (TPSA) is 55.1 Å². The molecule has 1 amide bonds. The molecular weight excluding hydrogens is 272 g/mol. The summed E-state index contributed by atoms with van der Waals surface area (Å²) in [5.74, 6) is -0.329. The van der Waals surface area contributed by atoms with E-state index in [0.29, 0.717) is 11.6 Å². The van der Waals surface area contributed by atoms with Crippen LogP contribution in [0.5, 0.6) is 0 Å². The molecule has 0 aliphatic heterocycles. The van der Waals surface area contributed by atoms with Gasteiger partial charge in [-0.3, -0.25) is 4.79 Å². The number of hydrogen-bond donors (Lipinski definition) is 2. The van der Waals surface area contributed by atoms with Crippen LogP contribution in [0.4, 0.5) is 0 Å². The van der Waals surface area contributed by atoms with Crippen LogP contribution in [0, 0.1) is 0 Å². The minimum Gasteiger partial charge on any atom is -0.366 e. The van der Waals surface area contributed by atoms with Crippen LogP contribution in [0.1, 0.15) is 74.4 Å². The summed E-state index contributed by atoms with van der Waals surface area (Å²) >= 11 is 0. The fourth-order valence-corrected chi connectivity index (χ4v) is 4.05. The van der Waals surface area contributed by atoms with Crippen LogP contribution in [-0.4, -0.2) is 18.5 Å². The summed E-state index contributed by atoms with van der Waals surface area (Å²) in [6.07, 6.45) is 6.86. The van der Waals surface area contributed by atoms with Gasteiger partial charge in [0, 0.05) is 17.0 Å². The van der Waals surface area contributed by atoms with E-state index in [-0.39, 0.29) is 11.3 Å². The van der Waals surface area contributed by atoms with Crippen LogP contribution in [-0.2, 0) is 11.8 Å². The molecule has 0 heterocycles. The van der Waals surface area contributed by atoms with Crippen LogP contribution in [0.3, 0.4) is 0 Å². The zero-order chi connectivity index (χ0) is 16.2. The van der Waals surface area contributed by atoms with E-state index in [9.17, 15) is 4.79 Å². The van der Waals surface area contributed by atoms with Crippen molar-refractivity contribution in [2.45, 2.75) is 70.8 Å².